The normalized spacial score (nSPS) is 31.9. The van der Waals surface area contributed by atoms with Gasteiger partial charge in [-0.05, 0) is 32.1 Å². The molecule has 2 rings (SSSR count). The van der Waals surface area contributed by atoms with Gasteiger partial charge >= 0.3 is 5.97 Å². The minimum Gasteiger partial charge on any atom is -0.466 e. The van der Waals surface area contributed by atoms with Gasteiger partial charge in [0.2, 0.25) is 0 Å². The van der Waals surface area contributed by atoms with Crippen molar-refractivity contribution < 1.29 is 19.0 Å². The summed E-state index contributed by atoms with van der Waals surface area (Å²) in [5.74, 6) is 0.447. The summed E-state index contributed by atoms with van der Waals surface area (Å²) >= 11 is 0. The van der Waals surface area contributed by atoms with Crippen LogP contribution in [-0.4, -0.2) is 38.0 Å². The summed E-state index contributed by atoms with van der Waals surface area (Å²) in [6.45, 7) is 3.49. The van der Waals surface area contributed by atoms with Crippen molar-refractivity contribution >= 4 is 5.97 Å². The largest absolute Gasteiger partial charge is 0.466 e. The van der Waals surface area contributed by atoms with E-state index in [0.717, 1.165) is 13.0 Å². The summed E-state index contributed by atoms with van der Waals surface area (Å²) in [5, 5.41) is 0. The van der Waals surface area contributed by atoms with Gasteiger partial charge in [0.05, 0.1) is 31.8 Å². The Kier molecular flexibility index (Phi) is 4.18. The first-order valence-electron chi connectivity index (χ1n) is 6.18. The Morgan fingerprint density at radius 1 is 1.38 bits per heavy atom. The van der Waals surface area contributed by atoms with Crippen LogP contribution in [0.4, 0.5) is 0 Å². The highest BCUT2D eigenvalue weighted by Crippen LogP contribution is 2.39. The van der Waals surface area contributed by atoms with E-state index in [1.807, 2.05) is 6.92 Å². The summed E-state index contributed by atoms with van der Waals surface area (Å²) in [6.07, 6.45) is 4.92. The van der Waals surface area contributed by atoms with Crippen molar-refractivity contribution in [1.29, 1.82) is 0 Å². The molecule has 2 fully saturated rings. The van der Waals surface area contributed by atoms with Gasteiger partial charge in [0.15, 0.2) is 0 Å². The van der Waals surface area contributed by atoms with Crippen LogP contribution in [0.25, 0.3) is 0 Å². The fraction of sp³-hybridized carbons (Fsp3) is 0.917. The van der Waals surface area contributed by atoms with E-state index >= 15 is 0 Å². The topological polar surface area (TPSA) is 48.1 Å². The lowest BCUT2D eigenvalue weighted by Crippen LogP contribution is -2.19. The van der Waals surface area contributed by atoms with E-state index in [1.165, 1.54) is 12.8 Å². The van der Waals surface area contributed by atoms with E-state index in [-0.39, 0.29) is 5.97 Å². The predicted molar refractivity (Wildman–Crippen MR) is 58.1 cm³/mol. The second-order valence-corrected chi connectivity index (χ2v) is 4.52. The first-order chi connectivity index (χ1) is 7.79. The average molecular weight is 228 g/mol. The molecule has 0 radical (unpaired) electrons. The highest BCUT2D eigenvalue weighted by Gasteiger charge is 2.43. The van der Waals surface area contributed by atoms with Crippen LogP contribution in [0, 0.1) is 5.92 Å². The maximum absolute atomic E-state index is 11.0. The second kappa shape index (κ2) is 5.64. The molecular formula is C12H20O4. The van der Waals surface area contributed by atoms with Crippen molar-refractivity contribution in [3.05, 3.63) is 0 Å². The Morgan fingerprint density at radius 2 is 2.25 bits per heavy atom. The molecule has 0 bridgehead atoms. The molecule has 0 aromatic carbocycles. The third-order valence-electron chi connectivity index (χ3n) is 3.22. The summed E-state index contributed by atoms with van der Waals surface area (Å²) in [4.78, 5) is 11.0. The van der Waals surface area contributed by atoms with Gasteiger partial charge in [-0.15, -0.1) is 0 Å². The number of hydrogen-bond acceptors (Lipinski definition) is 4. The smallest absolute Gasteiger partial charge is 0.308 e. The van der Waals surface area contributed by atoms with E-state index < -0.39 is 0 Å². The van der Waals surface area contributed by atoms with Gasteiger partial charge < -0.3 is 14.2 Å². The van der Waals surface area contributed by atoms with Crippen LogP contribution in [0.15, 0.2) is 0 Å². The summed E-state index contributed by atoms with van der Waals surface area (Å²) in [5.41, 5.74) is 0. The molecule has 0 spiro atoms. The molecule has 1 saturated heterocycles. The van der Waals surface area contributed by atoms with E-state index in [0.29, 0.717) is 37.8 Å². The fourth-order valence-electron chi connectivity index (χ4n) is 2.28. The third-order valence-corrected chi connectivity index (χ3v) is 3.22. The van der Waals surface area contributed by atoms with Crippen LogP contribution < -0.4 is 0 Å². The average Bonchev–Trinajstić information content (AvgIpc) is 3.03. The molecule has 4 heteroatoms. The lowest BCUT2D eigenvalue weighted by atomic mass is 9.90. The molecule has 0 amide bonds. The van der Waals surface area contributed by atoms with E-state index in [9.17, 15) is 4.79 Å². The van der Waals surface area contributed by atoms with Crippen LogP contribution in [0.2, 0.25) is 0 Å². The molecule has 0 N–H and O–H groups in total. The van der Waals surface area contributed by atoms with Gasteiger partial charge in [-0.1, -0.05) is 0 Å². The molecule has 1 aliphatic heterocycles. The highest BCUT2D eigenvalue weighted by molar-refractivity contribution is 5.69. The van der Waals surface area contributed by atoms with E-state index in [2.05, 4.69) is 0 Å². The third kappa shape index (κ3) is 3.46. The lowest BCUT2D eigenvalue weighted by molar-refractivity contribution is -0.144. The minimum absolute atomic E-state index is 0.170. The van der Waals surface area contributed by atoms with Crippen molar-refractivity contribution in [3.8, 4) is 0 Å². The number of ether oxygens (including phenoxy) is 3. The zero-order valence-corrected chi connectivity index (χ0v) is 9.81. The first kappa shape index (κ1) is 11.9. The van der Waals surface area contributed by atoms with E-state index in [4.69, 9.17) is 14.2 Å². The van der Waals surface area contributed by atoms with Gasteiger partial charge in [-0.2, -0.15) is 0 Å². The Morgan fingerprint density at radius 3 is 3.00 bits per heavy atom. The molecular weight excluding hydrogens is 208 g/mol. The molecule has 0 aromatic heterocycles. The van der Waals surface area contributed by atoms with Crippen LogP contribution >= 0.6 is 0 Å². The number of carbonyl (C=O) groups excluding carboxylic acids is 1. The summed E-state index contributed by atoms with van der Waals surface area (Å²) in [6, 6.07) is 0. The molecule has 1 heterocycles. The van der Waals surface area contributed by atoms with Crippen molar-refractivity contribution in [2.24, 2.45) is 5.92 Å². The van der Waals surface area contributed by atoms with Gasteiger partial charge in [0.25, 0.3) is 0 Å². The summed E-state index contributed by atoms with van der Waals surface area (Å²) in [7, 11) is 0. The monoisotopic (exact) mass is 228 g/mol. The molecule has 92 valence electrons. The number of fused-ring (bicyclic) bond motifs is 1. The number of rotatable bonds is 6. The molecule has 0 aromatic rings. The lowest BCUT2D eigenvalue weighted by Gasteiger charge is -2.18. The van der Waals surface area contributed by atoms with Crippen LogP contribution in [0.3, 0.4) is 0 Å². The fourth-order valence-corrected chi connectivity index (χ4v) is 2.28. The van der Waals surface area contributed by atoms with Crippen LogP contribution in [-0.2, 0) is 19.0 Å². The first-order valence-corrected chi connectivity index (χ1v) is 6.18. The number of epoxide rings is 1. The number of carbonyl (C=O) groups is 1. The molecule has 16 heavy (non-hydrogen) atoms. The maximum atomic E-state index is 11.0. The van der Waals surface area contributed by atoms with Crippen molar-refractivity contribution in [1.82, 2.24) is 0 Å². The van der Waals surface area contributed by atoms with Gasteiger partial charge in [0.1, 0.15) is 0 Å². The van der Waals surface area contributed by atoms with Crippen molar-refractivity contribution in [3.63, 3.8) is 0 Å². The van der Waals surface area contributed by atoms with Crippen LogP contribution in [0.1, 0.15) is 32.6 Å². The standard InChI is InChI=1S/C12H20O4/c1-2-15-12(13)5-6-14-8-9-3-4-10-11(7-9)16-10/h9-11H,2-8H2,1H3. The Bertz CT molecular complexity index is 241. The zero-order valence-electron chi connectivity index (χ0n) is 9.81. The Labute approximate surface area is 96.2 Å². The molecule has 1 aliphatic carbocycles. The molecule has 3 atom stereocenters. The quantitative estimate of drug-likeness (QED) is 0.393. The molecule has 4 nitrogen and oxygen atoms in total. The molecule has 1 saturated carbocycles. The summed E-state index contributed by atoms with van der Waals surface area (Å²) < 4.78 is 15.8. The Hall–Kier alpha value is -0.610. The minimum atomic E-state index is -0.170. The Balaban J connectivity index is 1.49. The number of esters is 1. The predicted octanol–water partition coefficient (Wildman–Crippen LogP) is 1.52. The van der Waals surface area contributed by atoms with Gasteiger partial charge in [0, 0.05) is 6.61 Å². The maximum Gasteiger partial charge on any atom is 0.308 e. The molecule has 3 unspecified atom stereocenters. The van der Waals surface area contributed by atoms with Crippen molar-refractivity contribution in [2.75, 3.05) is 19.8 Å². The highest BCUT2D eigenvalue weighted by atomic mass is 16.6. The van der Waals surface area contributed by atoms with E-state index in [1.54, 1.807) is 0 Å². The van der Waals surface area contributed by atoms with Crippen LogP contribution in [0.5, 0.6) is 0 Å². The van der Waals surface area contributed by atoms with Gasteiger partial charge in [-0.25, -0.2) is 0 Å². The zero-order chi connectivity index (χ0) is 11.4. The molecule has 2 aliphatic rings. The second-order valence-electron chi connectivity index (χ2n) is 4.52. The SMILES string of the molecule is CCOC(=O)CCOCC1CCC2OC2C1. The van der Waals surface area contributed by atoms with Gasteiger partial charge in [-0.3, -0.25) is 4.79 Å². The number of hydrogen-bond donors (Lipinski definition) is 0. The van der Waals surface area contributed by atoms with Crippen molar-refractivity contribution in [2.45, 2.75) is 44.8 Å².